The zero-order valence-electron chi connectivity index (χ0n) is 10.00. The smallest absolute Gasteiger partial charge is 0.125 e. The van der Waals surface area contributed by atoms with Gasteiger partial charge in [-0.1, -0.05) is 12.1 Å². The summed E-state index contributed by atoms with van der Waals surface area (Å²) in [6.45, 7) is 4.51. The number of hydrogen-bond donors (Lipinski definition) is 1. The summed E-state index contributed by atoms with van der Waals surface area (Å²) in [4.78, 5) is 4.38. The normalized spacial score (nSPS) is 10.3. The van der Waals surface area contributed by atoms with Crippen LogP contribution in [0.3, 0.4) is 0 Å². The highest BCUT2D eigenvalue weighted by molar-refractivity contribution is 5.50. The van der Waals surface area contributed by atoms with Gasteiger partial charge in [-0.15, -0.1) is 0 Å². The molecule has 2 aromatic rings. The zero-order chi connectivity index (χ0) is 12.3. The lowest BCUT2D eigenvalue weighted by atomic mass is 10.2. The fourth-order valence-electron chi connectivity index (χ4n) is 1.67. The van der Waals surface area contributed by atoms with E-state index in [1.165, 1.54) is 12.1 Å². The van der Waals surface area contributed by atoms with Crippen LogP contribution in [-0.2, 0) is 6.54 Å². The molecule has 1 aromatic heterocycles. The van der Waals surface area contributed by atoms with Crippen molar-refractivity contribution in [2.45, 2.75) is 20.4 Å². The Kier molecular flexibility index (Phi) is 3.38. The van der Waals surface area contributed by atoms with Gasteiger partial charge in [-0.25, -0.2) is 4.39 Å². The summed E-state index contributed by atoms with van der Waals surface area (Å²) < 4.78 is 13.1. The average molecular weight is 230 g/mol. The molecule has 0 aliphatic heterocycles. The van der Waals surface area contributed by atoms with Crippen molar-refractivity contribution in [3.8, 4) is 0 Å². The van der Waals surface area contributed by atoms with Gasteiger partial charge in [0, 0.05) is 11.4 Å². The average Bonchev–Trinajstić information content (AvgIpc) is 2.30. The Morgan fingerprint density at radius 2 is 2.00 bits per heavy atom. The van der Waals surface area contributed by atoms with E-state index in [2.05, 4.69) is 10.3 Å². The number of benzene rings is 1. The summed E-state index contributed by atoms with van der Waals surface area (Å²) in [6, 6.07) is 10.6. The van der Waals surface area contributed by atoms with Crippen molar-refractivity contribution >= 4 is 5.69 Å². The molecule has 0 saturated heterocycles. The standard InChI is InChI=1S/C14H15FN2/c1-10-6-7-12(15)8-14(10)16-9-13-5-3-4-11(2)17-13/h3-8,16H,9H2,1-2H3. The molecule has 1 heterocycles. The number of nitrogens with zero attached hydrogens (tertiary/aromatic N) is 1. The van der Waals surface area contributed by atoms with Gasteiger partial charge in [-0.05, 0) is 43.7 Å². The minimum absolute atomic E-state index is 0.227. The van der Waals surface area contributed by atoms with Crippen LogP contribution < -0.4 is 5.32 Å². The topological polar surface area (TPSA) is 24.9 Å². The Bertz CT molecular complexity index is 523. The number of aryl methyl sites for hydroxylation is 2. The van der Waals surface area contributed by atoms with E-state index < -0.39 is 0 Å². The van der Waals surface area contributed by atoms with E-state index >= 15 is 0 Å². The van der Waals surface area contributed by atoms with E-state index in [9.17, 15) is 4.39 Å². The molecule has 0 radical (unpaired) electrons. The van der Waals surface area contributed by atoms with Gasteiger partial charge in [-0.2, -0.15) is 0 Å². The van der Waals surface area contributed by atoms with E-state index in [1.807, 2.05) is 32.0 Å². The van der Waals surface area contributed by atoms with Gasteiger partial charge in [0.15, 0.2) is 0 Å². The van der Waals surface area contributed by atoms with Crippen molar-refractivity contribution in [3.05, 3.63) is 59.2 Å². The Balaban J connectivity index is 2.09. The lowest BCUT2D eigenvalue weighted by Crippen LogP contribution is -2.03. The number of nitrogens with one attached hydrogen (secondary N) is 1. The molecular weight excluding hydrogens is 215 g/mol. The molecule has 0 aliphatic rings. The molecule has 88 valence electrons. The van der Waals surface area contributed by atoms with Gasteiger partial charge in [0.1, 0.15) is 5.82 Å². The van der Waals surface area contributed by atoms with Gasteiger partial charge < -0.3 is 5.32 Å². The molecule has 2 rings (SSSR count). The van der Waals surface area contributed by atoms with Crippen molar-refractivity contribution in [1.82, 2.24) is 4.98 Å². The van der Waals surface area contributed by atoms with E-state index in [4.69, 9.17) is 0 Å². The van der Waals surface area contributed by atoms with Crippen LogP contribution in [0.15, 0.2) is 36.4 Å². The highest BCUT2D eigenvalue weighted by atomic mass is 19.1. The fourth-order valence-corrected chi connectivity index (χ4v) is 1.67. The molecular formula is C14H15FN2. The summed E-state index contributed by atoms with van der Waals surface area (Å²) in [5.74, 6) is -0.227. The summed E-state index contributed by atoms with van der Waals surface area (Å²) in [5, 5.41) is 3.19. The molecule has 17 heavy (non-hydrogen) atoms. The third-order valence-electron chi connectivity index (χ3n) is 2.61. The number of pyridine rings is 1. The van der Waals surface area contributed by atoms with Crippen LogP contribution in [-0.4, -0.2) is 4.98 Å². The minimum Gasteiger partial charge on any atom is -0.379 e. The SMILES string of the molecule is Cc1cccc(CNc2cc(F)ccc2C)n1. The molecule has 0 spiro atoms. The van der Waals surface area contributed by atoms with E-state index in [0.717, 1.165) is 22.6 Å². The summed E-state index contributed by atoms with van der Waals surface area (Å²) in [6.07, 6.45) is 0. The molecule has 3 heteroatoms. The number of anilines is 1. The Hall–Kier alpha value is -1.90. The largest absolute Gasteiger partial charge is 0.379 e. The first-order chi connectivity index (χ1) is 8.15. The van der Waals surface area contributed by atoms with Crippen LogP contribution in [0.5, 0.6) is 0 Å². The molecule has 0 amide bonds. The van der Waals surface area contributed by atoms with Crippen molar-refractivity contribution < 1.29 is 4.39 Å². The van der Waals surface area contributed by atoms with Crippen LogP contribution in [0.2, 0.25) is 0 Å². The third-order valence-corrected chi connectivity index (χ3v) is 2.61. The quantitative estimate of drug-likeness (QED) is 0.873. The first-order valence-corrected chi connectivity index (χ1v) is 5.58. The molecule has 2 nitrogen and oxygen atoms in total. The monoisotopic (exact) mass is 230 g/mol. The zero-order valence-corrected chi connectivity index (χ0v) is 10.00. The number of aromatic nitrogens is 1. The van der Waals surface area contributed by atoms with E-state index in [0.29, 0.717) is 6.54 Å². The van der Waals surface area contributed by atoms with Crippen LogP contribution in [0.4, 0.5) is 10.1 Å². The van der Waals surface area contributed by atoms with Gasteiger partial charge in [0.25, 0.3) is 0 Å². The van der Waals surface area contributed by atoms with Crippen molar-refractivity contribution in [2.24, 2.45) is 0 Å². The van der Waals surface area contributed by atoms with Gasteiger partial charge in [0.05, 0.1) is 12.2 Å². The Morgan fingerprint density at radius 3 is 2.76 bits per heavy atom. The van der Waals surface area contributed by atoms with Crippen LogP contribution in [0.25, 0.3) is 0 Å². The van der Waals surface area contributed by atoms with Gasteiger partial charge in [-0.3, -0.25) is 4.98 Å². The van der Waals surface area contributed by atoms with Gasteiger partial charge in [0.2, 0.25) is 0 Å². The summed E-state index contributed by atoms with van der Waals surface area (Å²) in [7, 11) is 0. The summed E-state index contributed by atoms with van der Waals surface area (Å²) in [5.41, 5.74) is 3.78. The predicted octanol–water partition coefficient (Wildman–Crippen LogP) is 3.45. The highest BCUT2D eigenvalue weighted by Gasteiger charge is 2.00. The molecule has 1 aromatic carbocycles. The second-order valence-electron chi connectivity index (χ2n) is 4.08. The lowest BCUT2D eigenvalue weighted by molar-refractivity contribution is 0.628. The molecule has 0 unspecified atom stereocenters. The second kappa shape index (κ2) is 4.95. The van der Waals surface area contributed by atoms with E-state index in [1.54, 1.807) is 6.07 Å². The number of hydrogen-bond acceptors (Lipinski definition) is 2. The second-order valence-corrected chi connectivity index (χ2v) is 4.08. The maximum atomic E-state index is 13.1. The molecule has 1 N–H and O–H groups in total. The predicted molar refractivity (Wildman–Crippen MR) is 67.4 cm³/mol. The van der Waals surface area contributed by atoms with Crippen LogP contribution >= 0.6 is 0 Å². The lowest BCUT2D eigenvalue weighted by Gasteiger charge is -2.09. The third kappa shape index (κ3) is 3.03. The highest BCUT2D eigenvalue weighted by Crippen LogP contribution is 2.16. The molecule has 0 aliphatic carbocycles. The van der Waals surface area contributed by atoms with Crippen molar-refractivity contribution in [1.29, 1.82) is 0 Å². The number of rotatable bonds is 3. The molecule has 0 bridgehead atoms. The summed E-state index contributed by atoms with van der Waals surface area (Å²) >= 11 is 0. The Morgan fingerprint density at radius 1 is 1.18 bits per heavy atom. The minimum atomic E-state index is -0.227. The first-order valence-electron chi connectivity index (χ1n) is 5.58. The Labute approximate surface area is 101 Å². The molecule has 0 fully saturated rings. The number of halogens is 1. The van der Waals surface area contributed by atoms with Crippen LogP contribution in [0.1, 0.15) is 17.0 Å². The maximum Gasteiger partial charge on any atom is 0.125 e. The van der Waals surface area contributed by atoms with Crippen LogP contribution in [0, 0.1) is 19.7 Å². The molecule has 0 saturated carbocycles. The fraction of sp³-hybridized carbons (Fsp3) is 0.214. The van der Waals surface area contributed by atoms with E-state index in [-0.39, 0.29) is 5.82 Å². The molecule has 0 atom stereocenters. The van der Waals surface area contributed by atoms with Gasteiger partial charge >= 0.3 is 0 Å². The first kappa shape index (κ1) is 11.6. The van der Waals surface area contributed by atoms with Crippen molar-refractivity contribution in [2.75, 3.05) is 5.32 Å². The van der Waals surface area contributed by atoms with Crippen molar-refractivity contribution in [3.63, 3.8) is 0 Å². The maximum absolute atomic E-state index is 13.1.